The average molecular weight is 483 g/mol. The Morgan fingerprint density at radius 3 is 2.24 bits per heavy atom. The number of anilines is 1. The molecule has 0 aliphatic heterocycles. The third kappa shape index (κ3) is 5.02. The second-order valence-corrected chi connectivity index (χ2v) is 8.69. The average Bonchev–Trinajstić information content (AvgIpc) is 2.83. The van der Waals surface area contributed by atoms with E-state index in [9.17, 15) is 14.4 Å². The molecule has 0 aliphatic carbocycles. The molecular formula is C27H31ClN2O4. The molecule has 0 atom stereocenters. The van der Waals surface area contributed by atoms with Crippen LogP contribution in [0.5, 0.6) is 5.75 Å². The normalized spacial score (nSPS) is 11.1. The first-order valence-corrected chi connectivity index (χ1v) is 12.1. The molecule has 1 aromatic heterocycles. The Hall–Kier alpha value is -3.12. The zero-order valence-electron chi connectivity index (χ0n) is 20.1. The molecule has 0 saturated heterocycles. The molecule has 2 aromatic carbocycles. The fraction of sp³-hybridized carbons (Fsp3) is 0.370. The summed E-state index contributed by atoms with van der Waals surface area (Å²) in [5, 5.41) is 0.675. The summed E-state index contributed by atoms with van der Waals surface area (Å²) in [5.74, 6) is -1.38. The maximum Gasteiger partial charge on any atom is 0.314 e. The predicted molar refractivity (Wildman–Crippen MR) is 137 cm³/mol. The van der Waals surface area contributed by atoms with Gasteiger partial charge in [0.25, 0.3) is 11.5 Å². The number of ether oxygens (including phenoxy) is 1. The van der Waals surface area contributed by atoms with Crippen molar-refractivity contribution in [3.63, 3.8) is 0 Å². The molecule has 1 heterocycles. The molecule has 3 aromatic rings. The number of halogens is 1. The first kappa shape index (κ1) is 25.5. The van der Waals surface area contributed by atoms with Crippen LogP contribution in [-0.2, 0) is 11.8 Å². The third-order valence-electron chi connectivity index (χ3n) is 5.98. The van der Waals surface area contributed by atoms with Gasteiger partial charge in [-0.15, -0.1) is 0 Å². The van der Waals surface area contributed by atoms with Crippen molar-refractivity contribution in [2.75, 3.05) is 11.4 Å². The summed E-state index contributed by atoms with van der Waals surface area (Å²) >= 11 is 6.55. The molecule has 6 nitrogen and oxygen atoms in total. The number of aryl methyl sites for hydroxylation is 1. The topological polar surface area (TPSA) is 68.6 Å². The summed E-state index contributed by atoms with van der Waals surface area (Å²) < 4.78 is 7.29. The van der Waals surface area contributed by atoms with Crippen LogP contribution in [0.1, 0.15) is 56.8 Å². The lowest BCUT2D eigenvalue weighted by molar-refractivity contribution is -0.139. The van der Waals surface area contributed by atoms with Crippen molar-refractivity contribution in [1.29, 1.82) is 0 Å². The largest absolute Gasteiger partial charge is 0.424 e. The van der Waals surface area contributed by atoms with E-state index in [4.69, 9.17) is 16.3 Å². The van der Waals surface area contributed by atoms with Crippen LogP contribution < -0.4 is 15.2 Å². The van der Waals surface area contributed by atoms with E-state index in [0.29, 0.717) is 41.0 Å². The van der Waals surface area contributed by atoms with Crippen molar-refractivity contribution in [2.45, 2.75) is 46.5 Å². The number of nitrogens with zero attached hydrogens (tertiary/aromatic N) is 2. The van der Waals surface area contributed by atoms with E-state index in [0.717, 1.165) is 12.8 Å². The van der Waals surface area contributed by atoms with Gasteiger partial charge in [-0.3, -0.25) is 14.4 Å². The second-order valence-electron chi connectivity index (χ2n) is 8.28. The molecule has 0 saturated carbocycles. The lowest BCUT2D eigenvalue weighted by atomic mass is 9.98. The van der Waals surface area contributed by atoms with Gasteiger partial charge in [0.05, 0.1) is 21.8 Å². The van der Waals surface area contributed by atoms with Crippen LogP contribution in [0.4, 0.5) is 5.69 Å². The molecule has 0 unspecified atom stereocenters. The van der Waals surface area contributed by atoms with Crippen LogP contribution in [0, 0.1) is 5.92 Å². The van der Waals surface area contributed by atoms with Crippen LogP contribution in [-0.4, -0.2) is 23.0 Å². The zero-order chi connectivity index (χ0) is 24.8. The number of hydrogen-bond donors (Lipinski definition) is 0. The summed E-state index contributed by atoms with van der Waals surface area (Å²) in [6.45, 7) is 6.17. The minimum Gasteiger partial charge on any atom is -0.424 e. The number of para-hydroxylation sites is 1. The molecular weight excluding hydrogens is 452 g/mol. The molecule has 0 fully saturated rings. The molecule has 0 aliphatic rings. The highest BCUT2D eigenvalue weighted by atomic mass is 35.5. The van der Waals surface area contributed by atoms with Crippen LogP contribution in [0.3, 0.4) is 0 Å². The fourth-order valence-corrected chi connectivity index (χ4v) is 4.51. The van der Waals surface area contributed by atoms with Crippen molar-refractivity contribution in [3.8, 4) is 5.75 Å². The summed E-state index contributed by atoms with van der Waals surface area (Å²) in [5.41, 5.74) is 0.388. The van der Waals surface area contributed by atoms with Gasteiger partial charge >= 0.3 is 5.97 Å². The SMILES string of the molecule is CCCC(CCC)C(=O)Oc1c(C(=O)N(CC)c2ccccc2)c(=O)n(C)c2cccc(Cl)c12. The maximum atomic E-state index is 13.8. The van der Waals surface area contributed by atoms with Gasteiger partial charge in [0, 0.05) is 19.3 Å². The van der Waals surface area contributed by atoms with E-state index in [1.807, 2.05) is 39.0 Å². The lowest BCUT2D eigenvalue weighted by Gasteiger charge is -2.24. The second kappa shape index (κ2) is 11.3. The number of amides is 1. The number of rotatable bonds is 9. The predicted octanol–water partition coefficient (Wildman–Crippen LogP) is 5.98. The minimum absolute atomic E-state index is 0.0645. The highest BCUT2D eigenvalue weighted by Gasteiger charge is 2.31. The van der Waals surface area contributed by atoms with Gasteiger partial charge < -0.3 is 14.2 Å². The Balaban J connectivity index is 2.26. The van der Waals surface area contributed by atoms with Gasteiger partial charge in [0.15, 0.2) is 5.75 Å². The molecule has 7 heteroatoms. The summed E-state index contributed by atoms with van der Waals surface area (Å²) in [6, 6.07) is 14.2. The number of aromatic nitrogens is 1. The molecule has 180 valence electrons. The van der Waals surface area contributed by atoms with Gasteiger partial charge in [-0.25, -0.2) is 0 Å². The smallest absolute Gasteiger partial charge is 0.314 e. The fourth-order valence-electron chi connectivity index (χ4n) is 4.25. The Bertz CT molecular complexity index is 1230. The molecule has 1 amide bonds. The summed E-state index contributed by atoms with van der Waals surface area (Å²) in [7, 11) is 1.58. The number of esters is 1. The molecule has 0 N–H and O–H groups in total. The van der Waals surface area contributed by atoms with Gasteiger partial charge in [-0.1, -0.05) is 62.6 Å². The Morgan fingerprint density at radius 2 is 1.65 bits per heavy atom. The molecule has 34 heavy (non-hydrogen) atoms. The molecule has 0 spiro atoms. The number of fused-ring (bicyclic) bond motifs is 1. The number of pyridine rings is 1. The molecule has 0 bridgehead atoms. The number of hydrogen-bond acceptors (Lipinski definition) is 4. The van der Waals surface area contributed by atoms with E-state index >= 15 is 0 Å². The van der Waals surface area contributed by atoms with Gasteiger partial charge in [0.2, 0.25) is 0 Å². The first-order valence-electron chi connectivity index (χ1n) is 11.7. The highest BCUT2D eigenvalue weighted by molar-refractivity contribution is 6.36. The van der Waals surface area contributed by atoms with Gasteiger partial charge in [-0.2, -0.15) is 0 Å². The lowest BCUT2D eigenvalue weighted by Crippen LogP contribution is -2.37. The van der Waals surface area contributed by atoms with Crippen LogP contribution in [0.25, 0.3) is 10.9 Å². The highest BCUT2D eigenvalue weighted by Crippen LogP contribution is 2.35. The van der Waals surface area contributed by atoms with Crippen molar-refractivity contribution < 1.29 is 14.3 Å². The Morgan fingerprint density at radius 1 is 1.00 bits per heavy atom. The quantitative estimate of drug-likeness (QED) is 0.352. The monoisotopic (exact) mass is 482 g/mol. The van der Waals surface area contributed by atoms with Gasteiger partial charge in [-0.05, 0) is 44.0 Å². The Kier molecular flexibility index (Phi) is 8.51. The number of carbonyl (C=O) groups excluding carboxylic acids is 2. The zero-order valence-corrected chi connectivity index (χ0v) is 20.9. The van der Waals surface area contributed by atoms with Crippen molar-refractivity contribution in [3.05, 3.63) is 69.5 Å². The van der Waals surface area contributed by atoms with Gasteiger partial charge in [0.1, 0.15) is 5.56 Å². The van der Waals surface area contributed by atoms with E-state index in [-0.39, 0.29) is 17.2 Å². The summed E-state index contributed by atoms with van der Waals surface area (Å²) in [4.78, 5) is 42.0. The van der Waals surface area contributed by atoms with E-state index in [2.05, 4.69) is 0 Å². The minimum atomic E-state index is -0.542. The van der Waals surface area contributed by atoms with E-state index in [1.54, 1.807) is 37.4 Å². The summed E-state index contributed by atoms with van der Waals surface area (Å²) in [6.07, 6.45) is 2.97. The number of benzene rings is 2. The van der Waals surface area contributed by atoms with Crippen LogP contribution in [0.2, 0.25) is 5.02 Å². The van der Waals surface area contributed by atoms with E-state index in [1.165, 1.54) is 9.47 Å². The van der Waals surface area contributed by atoms with Crippen molar-refractivity contribution in [2.24, 2.45) is 13.0 Å². The van der Waals surface area contributed by atoms with Crippen LogP contribution in [0.15, 0.2) is 53.3 Å². The Labute approximate surface area is 205 Å². The first-order chi connectivity index (χ1) is 16.3. The molecule has 0 radical (unpaired) electrons. The maximum absolute atomic E-state index is 13.8. The van der Waals surface area contributed by atoms with Crippen LogP contribution >= 0.6 is 11.6 Å². The van der Waals surface area contributed by atoms with Crippen molar-refractivity contribution in [1.82, 2.24) is 4.57 Å². The number of carbonyl (C=O) groups is 2. The standard InChI is InChI=1S/C27H31ClN2O4/c1-5-12-18(13-6-2)27(33)34-24-22-20(28)16-11-17-21(22)29(4)25(31)23(24)26(32)30(7-3)19-14-9-8-10-15-19/h8-11,14-18H,5-7,12-13H2,1-4H3. The molecule has 3 rings (SSSR count). The van der Waals surface area contributed by atoms with Crippen molar-refractivity contribution >= 4 is 40.1 Å². The third-order valence-corrected chi connectivity index (χ3v) is 6.29. The van der Waals surface area contributed by atoms with E-state index < -0.39 is 17.4 Å².